The lowest BCUT2D eigenvalue weighted by atomic mass is 10.1. The van der Waals surface area contributed by atoms with Crippen LogP contribution in [0.5, 0.6) is 0 Å². The number of carbonyl (C=O) groups is 3. The average molecular weight is 612 g/mol. The van der Waals surface area contributed by atoms with E-state index in [-0.39, 0.29) is 25.3 Å². The molecule has 1 saturated heterocycles. The average Bonchev–Trinajstić information content (AvgIpc) is 3.67. The number of fused-ring (bicyclic) bond motifs is 3. The molecule has 1 fully saturated rings. The number of rotatable bonds is 8. The fourth-order valence-electron chi connectivity index (χ4n) is 4.96. The summed E-state index contributed by atoms with van der Waals surface area (Å²) in [6.45, 7) is 1.24. The maximum Gasteiger partial charge on any atom is 0.251 e. The number of nitrogens with two attached hydrogens (primary N) is 1. The molecule has 4 aromatic rings. The van der Waals surface area contributed by atoms with Gasteiger partial charge in [0.05, 0.1) is 17.8 Å². The molecule has 3 atom stereocenters. The lowest BCUT2D eigenvalue weighted by molar-refractivity contribution is -0.137. The van der Waals surface area contributed by atoms with E-state index >= 15 is 0 Å². The summed E-state index contributed by atoms with van der Waals surface area (Å²) in [6.07, 6.45) is 1.05. The number of nitrogen functional groups attached to an aromatic ring is 1. The van der Waals surface area contributed by atoms with Crippen LogP contribution in [0.3, 0.4) is 0 Å². The first-order chi connectivity index (χ1) is 19.4. The monoisotopic (exact) mass is 611 g/mol. The summed E-state index contributed by atoms with van der Waals surface area (Å²) in [6, 6.07) is 13.6. The van der Waals surface area contributed by atoms with Gasteiger partial charge in [0.2, 0.25) is 11.8 Å². The van der Waals surface area contributed by atoms with Crippen LogP contribution < -0.4 is 16.4 Å². The zero-order chi connectivity index (χ0) is 29.5. The van der Waals surface area contributed by atoms with Gasteiger partial charge in [-0.25, -0.2) is 8.42 Å². The Bertz CT molecular complexity index is 1790. The van der Waals surface area contributed by atoms with Gasteiger partial charge in [-0.2, -0.15) is 0 Å². The van der Waals surface area contributed by atoms with Crippen LogP contribution in [0.4, 0.5) is 0 Å². The van der Waals surface area contributed by atoms with Gasteiger partial charge in [-0.3, -0.25) is 19.8 Å². The third kappa shape index (κ3) is 5.97. The van der Waals surface area contributed by atoms with Gasteiger partial charge in [-0.15, -0.1) is 22.7 Å². The maximum absolute atomic E-state index is 13.3. The Morgan fingerprint density at radius 2 is 1.83 bits per heavy atom. The first-order valence-electron chi connectivity index (χ1n) is 12.8. The fourth-order valence-corrected chi connectivity index (χ4v) is 7.99. The smallest absolute Gasteiger partial charge is 0.251 e. The largest absolute Gasteiger partial charge is 0.384 e. The Kier molecular flexibility index (Phi) is 7.86. The van der Waals surface area contributed by atoms with Crippen LogP contribution >= 0.6 is 22.7 Å². The molecule has 41 heavy (non-hydrogen) atoms. The molecule has 3 amide bonds. The lowest BCUT2D eigenvalue weighted by Gasteiger charge is -2.25. The molecule has 10 nitrogen and oxygen atoms in total. The van der Waals surface area contributed by atoms with Gasteiger partial charge < -0.3 is 21.3 Å². The van der Waals surface area contributed by atoms with Crippen LogP contribution in [0, 0.1) is 5.41 Å². The highest BCUT2D eigenvalue weighted by molar-refractivity contribution is 7.91. The second-order valence-corrected chi connectivity index (χ2v) is 14.5. The van der Waals surface area contributed by atoms with Crippen LogP contribution in [0.15, 0.2) is 53.9 Å². The molecular formula is C28H29N5O5S3. The Labute approximate surface area is 245 Å². The van der Waals surface area contributed by atoms with Crippen molar-refractivity contribution in [1.82, 2.24) is 15.5 Å². The van der Waals surface area contributed by atoms with E-state index in [4.69, 9.17) is 11.1 Å². The first kappa shape index (κ1) is 28.7. The van der Waals surface area contributed by atoms with Crippen molar-refractivity contribution in [1.29, 1.82) is 5.41 Å². The number of amidine groups is 1. The highest BCUT2D eigenvalue weighted by Crippen LogP contribution is 2.34. The SMILES string of the molecule is CC(NC(=O)[C@@H]1C[C@@H](S(C)(=O)=O)CN1C(=O)CNC(=O)c1ccc2c(c1)sc1ccccc12)c1cc(C(=N)N)cs1. The van der Waals surface area contributed by atoms with E-state index in [1.165, 1.54) is 16.2 Å². The minimum Gasteiger partial charge on any atom is -0.384 e. The molecule has 13 heteroatoms. The van der Waals surface area contributed by atoms with Crippen LogP contribution in [0.2, 0.25) is 0 Å². The van der Waals surface area contributed by atoms with Gasteiger partial charge in [0.25, 0.3) is 5.91 Å². The summed E-state index contributed by atoms with van der Waals surface area (Å²) in [5, 5.41) is 16.0. The van der Waals surface area contributed by atoms with Crippen molar-refractivity contribution >= 4 is 76.2 Å². The van der Waals surface area contributed by atoms with Crippen LogP contribution in [-0.2, 0) is 19.4 Å². The highest BCUT2D eigenvalue weighted by atomic mass is 32.2. The Morgan fingerprint density at radius 1 is 1.10 bits per heavy atom. The maximum atomic E-state index is 13.3. The Balaban J connectivity index is 1.27. The summed E-state index contributed by atoms with van der Waals surface area (Å²) >= 11 is 2.91. The number of hydrogen-bond acceptors (Lipinski definition) is 8. The third-order valence-electron chi connectivity index (χ3n) is 7.25. The number of benzene rings is 2. The normalized spacial score (nSPS) is 18.0. The summed E-state index contributed by atoms with van der Waals surface area (Å²) in [7, 11) is -3.52. The number of sulfone groups is 1. The quantitative estimate of drug-likeness (QED) is 0.177. The zero-order valence-electron chi connectivity index (χ0n) is 22.3. The highest BCUT2D eigenvalue weighted by Gasteiger charge is 2.43. The van der Waals surface area contributed by atoms with Gasteiger partial charge in [0.1, 0.15) is 11.9 Å². The molecule has 1 unspecified atom stereocenters. The van der Waals surface area contributed by atoms with Gasteiger partial charge in [0, 0.05) is 54.4 Å². The molecule has 0 saturated carbocycles. The molecule has 1 aliphatic rings. The molecule has 5 N–H and O–H groups in total. The van der Waals surface area contributed by atoms with E-state index in [0.29, 0.717) is 11.1 Å². The number of thiophene rings is 2. The van der Waals surface area contributed by atoms with E-state index in [2.05, 4.69) is 10.6 Å². The van der Waals surface area contributed by atoms with Crippen molar-refractivity contribution in [3.8, 4) is 0 Å². The molecule has 3 heterocycles. The minimum absolute atomic E-state index is 0.0389. The van der Waals surface area contributed by atoms with Gasteiger partial charge in [0.15, 0.2) is 9.84 Å². The van der Waals surface area contributed by atoms with Crippen molar-refractivity contribution in [2.75, 3.05) is 19.3 Å². The fraction of sp³-hybridized carbons (Fsp3) is 0.286. The summed E-state index contributed by atoms with van der Waals surface area (Å²) in [4.78, 5) is 41.4. The van der Waals surface area contributed by atoms with Gasteiger partial charge in [-0.1, -0.05) is 24.3 Å². The van der Waals surface area contributed by atoms with Crippen molar-refractivity contribution in [3.63, 3.8) is 0 Å². The van der Waals surface area contributed by atoms with Crippen molar-refractivity contribution in [2.24, 2.45) is 5.73 Å². The summed E-state index contributed by atoms with van der Waals surface area (Å²) in [5.74, 6) is -1.56. The van der Waals surface area contributed by atoms with E-state index in [9.17, 15) is 22.8 Å². The number of hydrogen-bond donors (Lipinski definition) is 4. The standard InChI is InChI=1S/C28H29N5O5S3/c1-15(23-10-17(14-39-23)26(29)30)32-28(36)21-11-18(41(2,37)38)13-33(21)25(34)12-31-27(35)16-7-8-20-19-5-3-4-6-22(19)40-24(20)9-16/h3-10,14-15,18,21H,11-13H2,1-2H3,(H3,29,30)(H,31,35)(H,32,36)/t15?,18-,21+/m1/s1. The number of nitrogens with one attached hydrogen (secondary N) is 3. The van der Waals surface area contributed by atoms with Crippen molar-refractivity contribution < 1.29 is 22.8 Å². The van der Waals surface area contributed by atoms with E-state index in [0.717, 1.165) is 31.3 Å². The summed E-state index contributed by atoms with van der Waals surface area (Å²) < 4.78 is 26.7. The second-order valence-electron chi connectivity index (χ2n) is 10.1. The first-order valence-corrected chi connectivity index (χ1v) is 16.5. The van der Waals surface area contributed by atoms with E-state index < -0.39 is 44.9 Å². The topological polar surface area (TPSA) is 163 Å². The predicted octanol–water partition coefficient (Wildman–Crippen LogP) is 3.02. The number of likely N-dealkylation sites (tertiary alicyclic amines) is 1. The lowest BCUT2D eigenvalue weighted by Crippen LogP contribution is -2.49. The second kappa shape index (κ2) is 11.2. The minimum atomic E-state index is -3.52. The molecule has 5 rings (SSSR count). The Morgan fingerprint density at radius 3 is 2.54 bits per heavy atom. The molecule has 2 aromatic carbocycles. The van der Waals surface area contributed by atoms with E-state index in [1.807, 2.05) is 30.3 Å². The molecule has 0 spiro atoms. The van der Waals surface area contributed by atoms with Gasteiger partial charge >= 0.3 is 0 Å². The third-order valence-corrected chi connectivity index (χ3v) is 11.1. The number of nitrogens with zero attached hydrogens (tertiary/aromatic N) is 1. The molecular weight excluding hydrogens is 583 g/mol. The molecule has 2 aromatic heterocycles. The van der Waals surface area contributed by atoms with Crippen molar-refractivity contribution in [3.05, 3.63) is 69.9 Å². The Hall–Kier alpha value is -3.81. The number of amides is 3. The summed E-state index contributed by atoms with van der Waals surface area (Å²) in [5.41, 5.74) is 6.48. The molecule has 0 aliphatic carbocycles. The van der Waals surface area contributed by atoms with Crippen LogP contribution in [0.25, 0.3) is 20.2 Å². The molecule has 0 bridgehead atoms. The molecule has 1 aliphatic heterocycles. The van der Waals surface area contributed by atoms with Gasteiger partial charge in [-0.05, 0) is 37.6 Å². The zero-order valence-corrected chi connectivity index (χ0v) is 24.8. The van der Waals surface area contributed by atoms with Crippen molar-refractivity contribution in [2.45, 2.75) is 30.7 Å². The van der Waals surface area contributed by atoms with Crippen LogP contribution in [-0.4, -0.2) is 67.5 Å². The molecule has 0 radical (unpaired) electrons. The van der Waals surface area contributed by atoms with E-state index in [1.54, 1.807) is 41.8 Å². The predicted molar refractivity (Wildman–Crippen MR) is 162 cm³/mol. The van der Waals surface area contributed by atoms with Crippen LogP contribution in [0.1, 0.15) is 40.2 Å². The molecule has 214 valence electrons. The number of carbonyl (C=O) groups excluding carboxylic acids is 3.